The summed E-state index contributed by atoms with van der Waals surface area (Å²) in [7, 11) is -3.35. The molecule has 1 aromatic rings. The Hall–Kier alpha value is -2.40. The van der Waals surface area contributed by atoms with E-state index in [0.717, 1.165) is 6.26 Å². The van der Waals surface area contributed by atoms with Crippen molar-refractivity contribution >= 4 is 21.7 Å². The van der Waals surface area contributed by atoms with Gasteiger partial charge in [-0.25, -0.2) is 13.2 Å². The number of nitriles is 1. The van der Waals surface area contributed by atoms with Gasteiger partial charge in [0.15, 0.2) is 16.4 Å². The van der Waals surface area contributed by atoms with Crippen molar-refractivity contribution in [3.63, 3.8) is 0 Å². The molecule has 1 unspecified atom stereocenters. The summed E-state index contributed by atoms with van der Waals surface area (Å²) in [5.41, 5.74) is -0.928. The predicted octanol–water partition coefficient (Wildman–Crippen LogP) is 1.30. The minimum Gasteiger partial charge on any atom is -0.452 e. The number of nitrogens with zero attached hydrogens (tertiary/aromatic N) is 1. The second-order valence-electron chi connectivity index (χ2n) is 5.89. The van der Waals surface area contributed by atoms with Gasteiger partial charge in [0.2, 0.25) is 0 Å². The Labute approximate surface area is 141 Å². The monoisotopic (exact) mass is 352 g/mol. The fourth-order valence-electron chi connectivity index (χ4n) is 1.68. The van der Waals surface area contributed by atoms with Gasteiger partial charge in [-0.2, -0.15) is 5.26 Å². The molecule has 0 aromatic heterocycles. The molecule has 130 valence electrons. The molecule has 0 aliphatic carbocycles. The Morgan fingerprint density at radius 3 is 2.25 bits per heavy atom. The summed E-state index contributed by atoms with van der Waals surface area (Å²) in [6.07, 6.45) is 1.06. The lowest BCUT2D eigenvalue weighted by Crippen LogP contribution is -2.50. The number of nitrogens with one attached hydrogen (secondary N) is 1. The Morgan fingerprint density at radius 1 is 1.29 bits per heavy atom. The van der Waals surface area contributed by atoms with Crippen LogP contribution in [0.15, 0.2) is 29.2 Å². The Morgan fingerprint density at radius 2 is 1.83 bits per heavy atom. The molecular weight excluding hydrogens is 332 g/mol. The van der Waals surface area contributed by atoms with E-state index in [9.17, 15) is 18.0 Å². The second kappa shape index (κ2) is 7.45. The zero-order valence-corrected chi connectivity index (χ0v) is 14.8. The van der Waals surface area contributed by atoms with Crippen LogP contribution < -0.4 is 5.32 Å². The molecule has 1 aromatic carbocycles. The summed E-state index contributed by atoms with van der Waals surface area (Å²) in [6, 6.07) is 7.22. The van der Waals surface area contributed by atoms with Gasteiger partial charge in [0.05, 0.1) is 16.5 Å². The Balaban J connectivity index is 2.67. The maximum Gasteiger partial charge on any atom is 0.338 e. The van der Waals surface area contributed by atoms with E-state index in [2.05, 4.69) is 5.32 Å². The van der Waals surface area contributed by atoms with Gasteiger partial charge in [-0.1, -0.05) is 13.8 Å². The lowest BCUT2D eigenvalue weighted by Gasteiger charge is -2.27. The van der Waals surface area contributed by atoms with Crippen LogP contribution in [-0.4, -0.2) is 38.7 Å². The topological polar surface area (TPSA) is 113 Å². The van der Waals surface area contributed by atoms with Crippen LogP contribution in [0.1, 0.15) is 31.1 Å². The van der Waals surface area contributed by atoms with Crippen molar-refractivity contribution in [2.75, 3.05) is 12.9 Å². The smallest absolute Gasteiger partial charge is 0.338 e. The number of benzene rings is 1. The van der Waals surface area contributed by atoms with Gasteiger partial charge in [-0.3, -0.25) is 4.79 Å². The third-order valence-corrected chi connectivity index (χ3v) is 4.77. The maximum absolute atomic E-state index is 11.9. The summed E-state index contributed by atoms with van der Waals surface area (Å²) in [4.78, 5) is 23.8. The van der Waals surface area contributed by atoms with E-state index < -0.39 is 33.9 Å². The first kappa shape index (κ1) is 19.6. The Kier molecular flexibility index (Phi) is 6.10. The summed E-state index contributed by atoms with van der Waals surface area (Å²) >= 11 is 0. The number of amides is 1. The van der Waals surface area contributed by atoms with E-state index in [4.69, 9.17) is 10.00 Å². The lowest BCUT2D eigenvalue weighted by atomic mass is 9.90. The molecule has 7 nitrogen and oxygen atoms in total. The van der Waals surface area contributed by atoms with Crippen molar-refractivity contribution in [1.82, 2.24) is 5.32 Å². The molecule has 0 radical (unpaired) electrons. The molecule has 0 aliphatic rings. The van der Waals surface area contributed by atoms with Gasteiger partial charge in [0, 0.05) is 6.26 Å². The molecule has 1 N–H and O–H groups in total. The first-order valence-electron chi connectivity index (χ1n) is 7.19. The largest absolute Gasteiger partial charge is 0.452 e. The molecule has 1 rings (SSSR count). The highest BCUT2D eigenvalue weighted by Gasteiger charge is 2.30. The van der Waals surface area contributed by atoms with Crippen LogP contribution >= 0.6 is 0 Å². The van der Waals surface area contributed by atoms with Crippen LogP contribution in [-0.2, 0) is 19.4 Å². The second-order valence-corrected chi connectivity index (χ2v) is 7.91. The minimum atomic E-state index is -3.35. The molecule has 24 heavy (non-hydrogen) atoms. The van der Waals surface area contributed by atoms with Crippen molar-refractivity contribution in [2.45, 2.75) is 31.2 Å². The van der Waals surface area contributed by atoms with E-state index in [0.29, 0.717) is 0 Å². The van der Waals surface area contributed by atoms with E-state index in [1.54, 1.807) is 20.8 Å². The van der Waals surface area contributed by atoms with E-state index in [-0.39, 0.29) is 16.4 Å². The van der Waals surface area contributed by atoms with E-state index in [1.165, 1.54) is 24.3 Å². The van der Waals surface area contributed by atoms with Gasteiger partial charge >= 0.3 is 5.97 Å². The third-order valence-electron chi connectivity index (χ3n) is 3.64. The maximum atomic E-state index is 11.9. The van der Waals surface area contributed by atoms with Gasteiger partial charge in [0.25, 0.3) is 5.91 Å². The zero-order valence-electron chi connectivity index (χ0n) is 14.0. The van der Waals surface area contributed by atoms with Crippen molar-refractivity contribution in [3.05, 3.63) is 29.8 Å². The van der Waals surface area contributed by atoms with Crippen molar-refractivity contribution < 1.29 is 22.7 Å². The molecule has 0 aliphatic heterocycles. The van der Waals surface area contributed by atoms with Gasteiger partial charge in [-0.15, -0.1) is 0 Å². The van der Waals surface area contributed by atoms with E-state index in [1.807, 2.05) is 6.07 Å². The van der Waals surface area contributed by atoms with Gasteiger partial charge < -0.3 is 10.1 Å². The van der Waals surface area contributed by atoms with Crippen molar-refractivity contribution in [2.24, 2.45) is 5.92 Å². The fraction of sp³-hybridized carbons (Fsp3) is 0.438. The molecule has 0 bridgehead atoms. The molecule has 1 atom stereocenters. The van der Waals surface area contributed by atoms with Gasteiger partial charge in [0.1, 0.15) is 5.54 Å². The standard InChI is InChI=1S/C16H20N2O5S/c1-11(2)16(3,10-17)18-14(19)9-23-15(20)12-5-7-13(8-6-12)24(4,21)22/h5-8,11H,9H2,1-4H3,(H,18,19). The predicted molar refractivity (Wildman–Crippen MR) is 86.8 cm³/mol. The van der Waals surface area contributed by atoms with Crippen LogP contribution in [0.25, 0.3) is 0 Å². The molecule has 0 heterocycles. The highest BCUT2D eigenvalue weighted by Crippen LogP contribution is 2.15. The quantitative estimate of drug-likeness (QED) is 0.772. The molecule has 0 saturated heterocycles. The van der Waals surface area contributed by atoms with Crippen molar-refractivity contribution in [1.29, 1.82) is 5.26 Å². The van der Waals surface area contributed by atoms with Crippen LogP contribution in [0.4, 0.5) is 0 Å². The molecule has 0 saturated carbocycles. The Bertz CT molecular complexity index is 763. The number of carbonyl (C=O) groups excluding carboxylic acids is 2. The number of hydrogen-bond acceptors (Lipinski definition) is 6. The number of hydrogen-bond donors (Lipinski definition) is 1. The number of ether oxygens (including phenoxy) is 1. The number of esters is 1. The molecule has 0 fully saturated rings. The number of carbonyl (C=O) groups is 2. The van der Waals surface area contributed by atoms with Gasteiger partial charge in [-0.05, 0) is 37.1 Å². The fourth-order valence-corrected chi connectivity index (χ4v) is 2.31. The zero-order chi connectivity index (χ0) is 18.5. The summed E-state index contributed by atoms with van der Waals surface area (Å²) in [6.45, 7) is 4.63. The third kappa shape index (κ3) is 5.06. The van der Waals surface area contributed by atoms with Crippen LogP contribution in [0.3, 0.4) is 0 Å². The molecule has 0 spiro atoms. The average molecular weight is 352 g/mol. The first-order valence-corrected chi connectivity index (χ1v) is 9.08. The summed E-state index contributed by atoms with van der Waals surface area (Å²) < 4.78 is 27.6. The lowest BCUT2D eigenvalue weighted by molar-refractivity contribution is -0.125. The molecule has 1 amide bonds. The summed E-state index contributed by atoms with van der Waals surface area (Å²) in [5, 5.41) is 11.7. The highest BCUT2D eigenvalue weighted by atomic mass is 32.2. The van der Waals surface area contributed by atoms with Crippen molar-refractivity contribution in [3.8, 4) is 6.07 Å². The first-order chi connectivity index (χ1) is 11.0. The van der Waals surface area contributed by atoms with Crippen LogP contribution in [0, 0.1) is 17.2 Å². The highest BCUT2D eigenvalue weighted by molar-refractivity contribution is 7.90. The normalized spacial score (nSPS) is 13.7. The molecule has 8 heteroatoms. The minimum absolute atomic E-state index is 0.0820. The number of sulfone groups is 1. The summed E-state index contributed by atoms with van der Waals surface area (Å²) in [5.74, 6) is -1.46. The van der Waals surface area contributed by atoms with Crippen LogP contribution in [0.2, 0.25) is 0 Å². The van der Waals surface area contributed by atoms with E-state index >= 15 is 0 Å². The number of rotatable bonds is 6. The van der Waals surface area contributed by atoms with Crippen LogP contribution in [0.5, 0.6) is 0 Å². The molecular formula is C16H20N2O5S. The SMILES string of the molecule is CC(C)C(C)(C#N)NC(=O)COC(=O)c1ccc(S(C)(=O)=O)cc1. The average Bonchev–Trinajstić information content (AvgIpc) is 2.51.